The van der Waals surface area contributed by atoms with Gasteiger partial charge in [-0.2, -0.15) is 10.2 Å². The van der Waals surface area contributed by atoms with E-state index < -0.39 is 4.92 Å². The molecule has 2 heterocycles. The second-order valence-electron chi connectivity index (χ2n) is 4.84. The van der Waals surface area contributed by atoms with Gasteiger partial charge in [0.25, 0.3) is 0 Å². The van der Waals surface area contributed by atoms with Crippen molar-refractivity contribution in [1.82, 2.24) is 19.6 Å². The predicted octanol–water partition coefficient (Wildman–Crippen LogP) is 1.11. The number of hydrogen-bond acceptors (Lipinski definition) is 5. The van der Waals surface area contributed by atoms with Crippen LogP contribution in [0, 0.1) is 23.0 Å². The Morgan fingerprint density at radius 3 is 2.71 bits per heavy atom. The van der Waals surface area contributed by atoms with Crippen molar-refractivity contribution in [3.05, 3.63) is 34.4 Å². The minimum absolute atomic E-state index is 0.0919. The minimum Gasteiger partial charge on any atom is -0.323 e. The smallest absolute Gasteiger partial charge is 0.306 e. The van der Waals surface area contributed by atoms with Crippen LogP contribution in [0.25, 0.3) is 0 Å². The molecule has 1 atom stereocenters. The predicted molar refractivity (Wildman–Crippen MR) is 74.6 cm³/mol. The van der Waals surface area contributed by atoms with E-state index >= 15 is 0 Å². The third-order valence-electron chi connectivity index (χ3n) is 3.23. The molecule has 0 radical (unpaired) electrons. The van der Waals surface area contributed by atoms with Crippen molar-refractivity contribution < 1.29 is 9.72 Å². The summed E-state index contributed by atoms with van der Waals surface area (Å²) in [7, 11) is 1.79. The van der Waals surface area contributed by atoms with Crippen molar-refractivity contribution in [2.45, 2.75) is 20.4 Å². The van der Waals surface area contributed by atoms with E-state index in [0.29, 0.717) is 5.69 Å². The lowest BCUT2D eigenvalue weighted by Gasteiger charge is -2.11. The van der Waals surface area contributed by atoms with Crippen molar-refractivity contribution in [2.75, 3.05) is 5.32 Å². The number of rotatable bonds is 5. The number of anilines is 1. The van der Waals surface area contributed by atoms with Gasteiger partial charge in [-0.1, -0.05) is 6.92 Å². The highest BCUT2D eigenvalue weighted by molar-refractivity contribution is 5.92. The van der Waals surface area contributed by atoms with Gasteiger partial charge in [0.1, 0.15) is 12.4 Å². The molecule has 0 bridgehead atoms. The number of aromatic nitrogens is 4. The fraction of sp³-hybridized carbons (Fsp3) is 0.417. The van der Waals surface area contributed by atoms with Crippen molar-refractivity contribution >= 4 is 17.3 Å². The second kappa shape index (κ2) is 5.73. The summed E-state index contributed by atoms with van der Waals surface area (Å²) in [6, 6.07) is 0. The number of amides is 1. The molecule has 0 aliphatic heterocycles. The number of nitrogens with zero attached hydrogens (tertiary/aromatic N) is 5. The van der Waals surface area contributed by atoms with Crippen LogP contribution in [0.15, 0.2) is 18.6 Å². The molecule has 2 aromatic heterocycles. The van der Waals surface area contributed by atoms with Crippen molar-refractivity contribution in [3.8, 4) is 0 Å². The summed E-state index contributed by atoms with van der Waals surface area (Å²) in [5.74, 6) is -0.576. The highest BCUT2D eigenvalue weighted by atomic mass is 16.6. The van der Waals surface area contributed by atoms with Gasteiger partial charge in [-0.05, 0) is 6.92 Å². The Balaban J connectivity index is 1.99. The molecule has 0 spiro atoms. The van der Waals surface area contributed by atoms with Gasteiger partial charge in [-0.25, -0.2) is 0 Å². The zero-order chi connectivity index (χ0) is 15.6. The molecule has 0 aliphatic rings. The number of nitro groups is 1. The molecule has 0 fully saturated rings. The third-order valence-corrected chi connectivity index (χ3v) is 3.23. The Bertz CT molecular complexity index is 674. The molecule has 112 valence electrons. The van der Waals surface area contributed by atoms with E-state index in [9.17, 15) is 14.9 Å². The normalized spacial score (nSPS) is 12.1. The average Bonchev–Trinajstić information content (AvgIpc) is 3.01. The molecule has 2 aromatic rings. The van der Waals surface area contributed by atoms with Gasteiger partial charge in [-0.3, -0.25) is 24.3 Å². The summed E-state index contributed by atoms with van der Waals surface area (Å²) >= 11 is 0. The molecule has 2 rings (SSSR count). The van der Waals surface area contributed by atoms with Gasteiger partial charge in [0, 0.05) is 7.05 Å². The number of carbonyl (C=O) groups is 1. The summed E-state index contributed by atoms with van der Waals surface area (Å²) in [5.41, 5.74) is 1.41. The van der Waals surface area contributed by atoms with E-state index in [2.05, 4.69) is 15.5 Å². The maximum atomic E-state index is 12.1. The van der Waals surface area contributed by atoms with E-state index in [0.717, 1.165) is 11.9 Å². The van der Waals surface area contributed by atoms with E-state index in [-0.39, 0.29) is 24.1 Å². The molecule has 1 N–H and O–H groups in total. The lowest BCUT2D eigenvalue weighted by Crippen LogP contribution is -2.24. The van der Waals surface area contributed by atoms with E-state index in [1.807, 2.05) is 6.92 Å². The Morgan fingerprint density at radius 2 is 2.19 bits per heavy atom. The Labute approximate surface area is 120 Å². The van der Waals surface area contributed by atoms with E-state index in [4.69, 9.17) is 0 Å². The van der Waals surface area contributed by atoms with Gasteiger partial charge in [0.15, 0.2) is 0 Å². The van der Waals surface area contributed by atoms with Gasteiger partial charge < -0.3 is 5.32 Å². The van der Waals surface area contributed by atoms with Gasteiger partial charge in [-0.15, -0.1) is 0 Å². The van der Waals surface area contributed by atoms with Crippen LogP contribution in [0.3, 0.4) is 0 Å². The van der Waals surface area contributed by atoms with Crippen molar-refractivity contribution in [2.24, 2.45) is 13.0 Å². The average molecular weight is 292 g/mol. The third kappa shape index (κ3) is 3.25. The molecule has 0 saturated heterocycles. The Hall–Kier alpha value is -2.71. The van der Waals surface area contributed by atoms with E-state index in [1.54, 1.807) is 24.9 Å². The minimum atomic E-state index is -0.521. The number of aryl methyl sites for hydroxylation is 1. The first-order valence-corrected chi connectivity index (χ1v) is 6.34. The van der Waals surface area contributed by atoms with Crippen LogP contribution in [0.1, 0.15) is 12.6 Å². The van der Waals surface area contributed by atoms with Crippen LogP contribution in [0.5, 0.6) is 0 Å². The monoisotopic (exact) mass is 292 g/mol. The summed E-state index contributed by atoms with van der Waals surface area (Å²) in [4.78, 5) is 22.2. The first-order valence-electron chi connectivity index (χ1n) is 6.34. The highest BCUT2D eigenvalue weighted by Gasteiger charge is 2.18. The first-order chi connectivity index (χ1) is 9.88. The van der Waals surface area contributed by atoms with Crippen LogP contribution in [-0.2, 0) is 18.4 Å². The SMILES string of the molecule is Cc1c(NC(=O)C(C)Cn2cc([N+](=O)[O-])cn2)cnn1C. The topological polar surface area (TPSA) is 108 Å². The lowest BCUT2D eigenvalue weighted by molar-refractivity contribution is -0.385. The lowest BCUT2D eigenvalue weighted by atomic mass is 10.1. The number of carbonyl (C=O) groups excluding carboxylic acids is 1. The summed E-state index contributed by atoms with van der Waals surface area (Å²) in [6.45, 7) is 3.84. The summed E-state index contributed by atoms with van der Waals surface area (Å²) in [6.07, 6.45) is 4.05. The molecule has 9 heteroatoms. The largest absolute Gasteiger partial charge is 0.323 e. The molecule has 9 nitrogen and oxygen atoms in total. The summed E-state index contributed by atoms with van der Waals surface area (Å²) < 4.78 is 3.05. The fourth-order valence-corrected chi connectivity index (χ4v) is 1.79. The van der Waals surface area contributed by atoms with Crippen LogP contribution in [0.4, 0.5) is 11.4 Å². The molecular weight excluding hydrogens is 276 g/mol. The van der Waals surface area contributed by atoms with Gasteiger partial charge in [0.2, 0.25) is 5.91 Å². The molecule has 1 amide bonds. The van der Waals surface area contributed by atoms with Crippen LogP contribution in [-0.4, -0.2) is 30.4 Å². The molecule has 0 saturated carbocycles. The molecule has 0 aromatic carbocycles. The molecular formula is C12H16N6O3. The second-order valence-corrected chi connectivity index (χ2v) is 4.84. The van der Waals surface area contributed by atoms with Crippen molar-refractivity contribution in [1.29, 1.82) is 0 Å². The zero-order valence-corrected chi connectivity index (χ0v) is 12.0. The van der Waals surface area contributed by atoms with Crippen LogP contribution in [0.2, 0.25) is 0 Å². The Kier molecular flexibility index (Phi) is 4.01. The highest BCUT2D eigenvalue weighted by Crippen LogP contribution is 2.15. The maximum absolute atomic E-state index is 12.1. The standard InChI is InChI=1S/C12H16N6O3/c1-8(6-17-7-10(4-14-17)18(20)21)12(19)15-11-5-13-16(3)9(11)2/h4-5,7-8H,6H2,1-3H3,(H,15,19). The number of nitrogens with one attached hydrogen (secondary N) is 1. The molecule has 0 aliphatic carbocycles. The summed E-state index contributed by atoms with van der Waals surface area (Å²) in [5, 5.41) is 21.3. The van der Waals surface area contributed by atoms with E-state index in [1.165, 1.54) is 10.9 Å². The Morgan fingerprint density at radius 1 is 1.48 bits per heavy atom. The fourth-order valence-electron chi connectivity index (χ4n) is 1.79. The molecule has 21 heavy (non-hydrogen) atoms. The quantitative estimate of drug-likeness (QED) is 0.656. The van der Waals surface area contributed by atoms with Gasteiger partial charge >= 0.3 is 5.69 Å². The first kappa shape index (κ1) is 14.7. The van der Waals surface area contributed by atoms with Gasteiger partial charge in [0.05, 0.1) is 35.0 Å². The number of hydrogen-bond donors (Lipinski definition) is 1. The maximum Gasteiger partial charge on any atom is 0.306 e. The van der Waals surface area contributed by atoms with Crippen LogP contribution < -0.4 is 5.32 Å². The van der Waals surface area contributed by atoms with Crippen molar-refractivity contribution in [3.63, 3.8) is 0 Å². The zero-order valence-electron chi connectivity index (χ0n) is 12.0. The van der Waals surface area contributed by atoms with Crippen LogP contribution >= 0.6 is 0 Å². The molecule has 1 unspecified atom stereocenters.